The third-order valence-corrected chi connectivity index (χ3v) is 8.05. The molecule has 1 aromatic heterocycles. The summed E-state index contributed by atoms with van der Waals surface area (Å²) in [6, 6.07) is 6.06. The van der Waals surface area contributed by atoms with Gasteiger partial charge in [0.15, 0.2) is 6.23 Å². The number of carbonyl (C=O) groups is 2. The summed E-state index contributed by atoms with van der Waals surface area (Å²) in [5.41, 5.74) is -6.32. The number of alkyl halides is 3. The minimum Gasteiger partial charge on any atom is -0.353 e. The second-order valence-corrected chi connectivity index (χ2v) is 11.3. The molecule has 13 heteroatoms. The van der Waals surface area contributed by atoms with Gasteiger partial charge in [0.25, 0.3) is 15.7 Å². The van der Waals surface area contributed by atoms with Crippen LogP contribution in [0.5, 0.6) is 0 Å². The van der Waals surface area contributed by atoms with Crippen molar-refractivity contribution < 1.29 is 35.9 Å². The zero-order valence-corrected chi connectivity index (χ0v) is 21.1. The molecule has 0 spiro atoms. The van der Waals surface area contributed by atoms with Crippen molar-refractivity contribution in [1.29, 1.82) is 0 Å². The van der Waals surface area contributed by atoms with Gasteiger partial charge in [0.05, 0.1) is 17.2 Å². The molecule has 0 aliphatic carbocycles. The molecule has 0 radical (unpaired) electrons. The molecule has 3 heterocycles. The molecule has 2 aromatic rings. The maximum atomic E-state index is 13.6. The van der Waals surface area contributed by atoms with Crippen LogP contribution in [0, 0.1) is 0 Å². The van der Waals surface area contributed by atoms with E-state index in [2.05, 4.69) is 9.88 Å². The molecule has 2 aliphatic rings. The summed E-state index contributed by atoms with van der Waals surface area (Å²) in [6.07, 6.45) is 4.36. The third-order valence-electron chi connectivity index (χ3n) is 6.54. The van der Waals surface area contributed by atoms with Crippen LogP contribution in [0.1, 0.15) is 38.5 Å². The van der Waals surface area contributed by atoms with Gasteiger partial charge in [-0.3, -0.25) is 14.7 Å². The average Bonchev–Trinajstić information content (AvgIpc) is 3.42. The van der Waals surface area contributed by atoms with Crippen LogP contribution in [-0.4, -0.2) is 72.4 Å². The Kier molecular flexibility index (Phi) is 7.32. The van der Waals surface area contributed by atoms with Crippen LogP contribution in [0.2, 0.25) is 0 Å². The normalized spacial score (nSPS) is 19.6. The number of ether oxygens (including phenoxy) is 1. The summed E-state index contributed by atoms with van der Waals surface area (Å²) < 4.78 is 68.3. The predicted octanol–water partition coefficient (Wildman–Crippen LogP) is 3.73. The van der Waals surface area contributed by atoms with Crippen molar-refractivity contribution in [3.63, 3.8) is 0 Å². The molecule has 9 nitrogen and oxygen atoms in total. The van der Waals surface area contributed by atoms with E-state index in [4.69, 9.17) is 4.74 Å². The highest BCUT2D eigenvalue weighted by Crippen LogP contribution is 2.39. The van der Waals surface area contributed by atoms with Crippen molar-refractivity contribution in [1.82, 2.24) is 14.8 Å². The van der Waals surface area contributed by atoms with E-state index in [1.54, 1.807) is 38.4 Å². The van der Waals surface area contributed by atoms with Crippen LogP contribution in [-0.2, 0) is 19.4 Å². The van der Waals surface area contributed by atoms with E-state index in [9.17, 15) is 31.2 Å². The molecule has 200 valence electrons. The standard InChI is InChI=1S/C24H27F3N4O5S/c1-23(2)21(32)30(18-5-7-19(8-6-18)37(34,35)24(25,26)27)22(33)31(23)20(17-9-11-28-12-10-17)36-16-15-29-13-3-4-14-29/h5-12,20H,3-4,13-16H2,1-2H3. The van der Waals surface area contributed by atoms with E-state index in [1.807, 2.05) is 0 Å². The van der Waals surface area contributed by atoms with E-state index in [1.165, 1.54) is 4.90 Å². The molecule has 3 amide bonds. The van der Waals surface area contributed by atoms with E-state index in [0.29, 0.717) is 18.7 Å². The number of aromatic nitrogens is 1. The molecular weight excluding hydrogens is 513 g/mol. The summed E-state index contributed by atoms with van der Waals surface area (Å²) >= 11 is 0. The number of carbonyl (C=O) groups excluding carboxylic acids is 2. The molecule has 2 aliphatic heterocycles. The molecule has 2 saturated heterocycles. The molecular formula is C24H27F3N4O5S. The minimum absolute atomic E-state index is 0.0581. The predicted molar refractivity (Wildman–Crippen MR) is 127 cm³/mol. The highest BCUT2D eigenvalue weighted by atomic mass is 32.2. The Bertz CT molecular complexity index is 1250. The highest BCUT2D eigenvalue weighted by molar-refractivity contribution is 7.92. The first kappa shape index (κ1) is 27.0. The van der Waals surface area contributed by atoms with Crippen molar-refractivity contribution in [2.45, 2.75) is 48.9 Å². The molecule has 0 bridgehead atoms. The number of likely N-dealkylation sites (tertiary alicyclic amines) is 1. The third kappa shape index (κ3) is 5.07. The average molecular weight is 541 g/mol. The molecule has 1 aromatic carbocycles. The van der Waals surface area contributed by atoms with Gasteiger partial charge in [-0.15, -0.1) is 0 Å². The molecule has 37 heavy (non-hydrogen) atoms. The fraction of sp³-hybridized carbons (Fsp3) is 0.458. The Morgan fingerprint density at radius 2 is 1.62 bits per heavy atom. The maximum Gasteiger partial charge on any atom is 0.501 e. The summed E-state index contributed by atoms with van der Waals surface area (Å²) in [7, 11) is -5.57. The van der Waals surface area contributed by atoms with E-state index in [-0.39, 0.29) is 5.69 Å². The van der Waals surface area contributed by atoms with Crippen LogP contribution >= 0.6 is 0 Å². The number of hydrogen-bond donors (Lipinski definition) is 0. The second kappa shape index (κ2) is 10.0. The molecule has 4 rings (SSSR count). The van der Waals surface area contributed by atoms with Crippen molar-refractivity contribution in [3.05, 3.63) is 54.4 Å². The molecule has 0 N–H and O–H groups in total. The van der Waals surface area contributed by atoms with E-state index in [0.717, 1.165) is 55.1 Å². The first-order valence-electron chi connectivity index (χ1n) is 11.7. The lowest BCUT2D eigenvalue weighted by Gasteiger charge is -2.35. The van der Waals surface area contributed by atoms with Gasteiger partial charge < -0.3 is 9.64 Å². The first-order chi connectivity index (χ1) is 17.4. The zero-order valence-electron chi connectivity index (χ0n) is 20.3. The quantitative estimate of drug-likeness (QED) is 0.471. The van der Waals surface area contributed by atoms with Gasteiger partial charge in [-0.25, -0.2) is 18.1 Å². The summed E-state index contributed by atoms with van der Waals surface area (Å²) in [4.78, 5) is 34.4. The number of urea groups is 1. The Labute approximate surface area is 212 Å². The molecule has 2 fully saturated rings. The first-order valence-corrected chi connectivity index (χ1v) is 13.2. The van der Waals surface area contributed by atoms with Crippen LogP contribution in [0.3, 0.4) is 0 Å². The number of halogens is 3. The second-order valence-electron chi connectivity index (χ2n) is 9.35. The van der Waals surface area contributed by atoms with Gasteiger partial charge in [0.2, 0.25) is 0 Å². The molecule has 0 saturated carbocycles. The Hall–Kier alpha value is -3.03. The van der Waals surface area contributed by atoms with Crippen LogP contribution in [0.4, 0.5) is 23.7 Å². The summed E-state index contributed by atoms with van der Waals surface area (Å²) in [5, 5.41) is 0. The molecule has 1 unspecified atom stereocenters. The van der Waals surface area contributed by atoms with Gasteiger partial charge in [-0.05, 0) is 76.2 Å². The van der Waals surface area contributed by atoms with Gasteiger partial charge >= 0.3 is 11.5 Å². The Balaban J connectivity index is 1.63. The van der Waals surface area contributed by atoms with Crippen molar-refractivity contribution in [2.24, 2.45) is 0 Å². The monoisotopic (exact) mass is 540 g/mol. The SMILES string of the molecule is CC1(C)C(=O)N(c2ccc(S(=O)(=O)C(F)(F)F)cc2)C(=O)N1C(OCCN1CCCC1)c1ccncc1. The highest BCUT2D eigenvalue weighted by Gasteiger charge is 2.55. The maximum absolute atomic E-state index is 13.6. The van der Waals surface area contributed by atoms with Crippen molar-refractivity contribution in [3.8, 4) is 0 Å². The Morgan fingerprint density at radius 3 is 2.19 bits per heavy atom. The smallest absolute Gasteiger partial charge is 0.353 e. The lowest BCUT2D eigenvalue weighted by Crippen LogP contribution is -2.47. The molecule has 1 atom stereocenters. The largest absolute Gasteiger partial charge is 0.501 e. The number of rotatable bonds is 8. The summed E-state index contributed by atoms with van der Waals surface area (Å²) in [5.74, 6) is -0.633. The van der Waals surface area contributed by atoms with Crippen LogP contribution in [0.15, 0.2) is 53.7 Å². The van der Waals surface area contributed by atoms with Crippen LogP contribution < -0.4 is 4.90 Å². The lowest BCUT2D eigenvalue weighted by molar-refractivity contribution is -0.130. The number of nitrogens with zero attached hydrogens (tertiary/aromatic N) is 4. The van der Waals surface area contributed by atoms with Gasteiger partial charge in [0, 0.05) is 24.5 Å². The number of pyridine rings is 1. The minimum atomic E-state index is -5.57. The Morgan fingerprint density at radius 1 is 1.03 bits per heavy atom. The lowest BCUT2D eigenvalue weighted by atomic mass is 10.0. The fourth-order valence-corrected chi connectivity index (χ4v) is 5.25. The van der Waals surface area contributed by atoms with Gasteiger partial charge in [-0.2, -0.15) is 13.2 Å². The number of benzene rings is 1. The number of imide groups is 1. The number of anilines is 1. The van der Waals surface area contributed by atoms with Crippen molar-refractivity contribution >= 4 is 27.5 Å². The summed E-state index contributed by atoms with van der Waals surface area (Å²) in [6.45, 7) is 5.97. The number of amides is 3. The topological polar surface area (TPSA) is 100 Å². The van der Waals surface area contributed by atoms with E-state index < -0.39 is 43.9 Å². The number of hydrogen-bond acceptors (Lipinski definition) is 7. The zero-order chi connectivity index (χ0) is 27.0. The van der Waals surface area contributed by atoms with Gasteiger partial charge in [-0.1, -0.05) is 0 Å². The van der Waals surface area contributed by atoms with E-state index >= 15 is 0 Å². The fourth-order valence-electron chi connectivity index (χ4n) is 4.49. The number of sulfone groups is 1. The van der Waals surface area contributed by atoms with Gasteiger partial charge in [0.1, 0.15) is 5.54 Å². The van der Waals surface area contributed by atoms with Crippen molar-refractivity contribution in [2.75, 3.05) is 31.1 Å². The van der Waals surface area contributed by atoms with Crippen LogP contribution in [0.25, 0.3) is 0 Å².